The smallest absolute Gasteiger partial charge is 0.389 e. The molecule has 0 spiro atoms. The number of alkyl halides is 3. The van der Waals surface area contributed by atoms with Gasteiger partial charge in [-0.25, -0.2) is 4.98 Å². The Morgan fingerprint density at radius 2 is 1.95 bits per heavy atom. The number of hydrogen-bond acceptors (Lipinski definition) is 3. The molecule has 7 heteroatoms. The lowest BCUT2D eigenvalue weighted by Gasteiger charge is -2.23. The summed E-state index contributed by atoms with van der Waals surface area (Å²) in [5.41, 5.74) is 4.65. The van der Waals surface area contributed by atoms with Gasteiger partial charge < -0.3 is 11.1 Å². The van der Waals surface area contributed by atoms with Crippen LogP contribution >= 0.6 is 12.2 Å². The van der Waals surface area contributed by atoms with Gasteiger partial charge in [-0.05, 0) is 25.0 Å². The molecular weight excluding hydrogens is 299 g/mol. The third-order valence-electron chi connectivity index (χ3n) is 3.64. The van der Waals surface area contributed by atoms with Crippen molar-refractivity contribution in [3.05, 3.63) is 35.9 Å². The number of anilines is 1. The number of halogens is 3. The minimum absolute atomic E-state index is 0.0220. The van der Waals surface area contributed by atoms with Crippen LogP contribution in [0.4, 0.5) is 19.0 Å². The maximum absolute atomic E-state index is 13.1. The number of nitrogens with two attached hydrogens (primary N) is 1. The summed E-state index contributed by atoms with van der Waals surface area (Å²) in [6, 6.07) is 8.80. The van der Waals surface area contributed by atoms with Crippen molar-refractivity contribution in [2.45, 2.75) is 24.6 Å². The van der Waals surface area contributed by atoms with Crippen LogP contribution in [0.5, 0.6) is 0 Å². The highest BCUT2D eigenvalue weighted by molar-refractivity contribution is 7.80. The zero-order valence-electron chi connectivity index (χ0n) is 10.9. The van der Waals surface area contributed by atoms with Gasteiger partial charge in [-0.3, -0.25) is 0 Å². The number of pyridine rings is 1. The van der Waals surface area contributed by atoms with E-state index in [0.717, 1.165) is 5.39 Å². The second-order valence-corrected chi connectivity index (χ2v) is 5.59. The van der Waals surface area contributed by atoms with Gasteiger partial charge in [0.15, 0.2) is 0 Å². The molecule has 1 fully saturated rings. The first-order valence-corrected chi connectivity index (χ1v) is 6.78. The quantitative estimate of drug-likeness (QED) is 0.853. The van der Waals surface area contributed by atoms with Gasteiger partial charge in [0, 0.05) is 5.39 Å². The Bertz CT molecular complexity index is 723. The van der Waals surface area contributed by atoms with Gasteiger partial charge in [0.1, 0.15) is 16.3 Å². The molecule has 3 rings (SSSR count). The topological polar surface area (TPSA) is 50.9 Å². The van der Waals surface area contributed by atoms with Crippen molar-refractivity contribution in [1.29, 1.82) is 0 Å². The Kier molecular flexibility index (Phi) is 3.05. The van der Waals surface area contributed by atoms with E-state index in [0.29, 0.717) is 11.1 Å². The lowest BCUT2D eigenvalue weighted by atomic mass is 10.1. The second-order valence-electron chi connectivity index (χ2n) is 5.15. The number of fused-ring (bicyclic) bond motifs is 1. The van der Waals surface area contributed by atoms with Crippen LogP contribution in [0.2, 0.25) is 0 Å². The number of nitrogens with one attached hydrogen (secondary N) is 1. The summed E-state index contributed by atoms with van der Waals surface area (Å²) in [6.07, 6.45) is -4.27. The lowest BCUT2D eigenvalue weighted by Crippen LogP contribution is -2.39. The zero-order valence-corrected chi connectivity index (χ0v) is 11.7. The summed E-state index contributed by atoms with van der Waals surface area (Å²) in [5, 5.41) is 3.29. The maximum Gasteiger partial charge on any atom is 0.411 e. The van der Waals surface area contributed by atoms with E-state index in [1.54, 1.807) is 18.2 Å². The summed E-state index contributed by atoms with van der Waals surface area (Å²) in [6.45, 7) is 0. The predicted octanol–water partition coefficient (Wildman–Crippen LogP) is 3.38. The molecule has 0 aliphatic heterocycles. The molecule has 0 atom stereocenters. The highest BCUT2D eigenvalue weighted by Gasteiger charge is 2.63. The summed E-state index contributed by atoms with van der Waals surface area (Å²) in [4.78, 5) is 4.28. The summed E-state index contributed by atoms with van der Waals surface area (Å²) in [5.74, 6) is 0.0935. The van der Waals surface area contributed by atoms with Crippen molar-refractivity contribution >= 4 is 33.9 Å². The lowest BCUT2D eigenvalue weighted by molar-refractivity contribution is -0.151. The molecule has 0 bridgehead atoms. The number of hydrogen-bond donors (Lipinski definition) is 2. The molecule has 3 N–H and O–H groups in total. The van der Waals surface area contributed by atoms with E-state index in [1.165, 1.54) is 0 Å². The number of aromatic nitrogens is 1. The van der Waals surface area contributed by atoms with Crippen molar-refractivity contribution in [2.24, 2.45) is 5.73 Å². The molecule has 21 heavy (non-hydrogen) atoms. The minimum atomic E-state index is -4.33. The molecule has 1 saturated carbocycles. The molecule has 3 nitrogen and oxygen atoms in total. The van der Waals surface area contributed by atoms with Crippen LogP contribution in [0.1, 0.15) is 18.4 Å². The third kappa shape index (κ3) is 2.42. The van der Waals surface area contributed by atoms with Gasteiger partial charge >= 0.3 is 6.18 Å². The van der Waals surface area contributed by atoms with Crippen molar-refractivity contribution in [3.63, 3.8) is 0 Å². The van der Waals surface area contributed by atoms with Crippen LogP contribution in [0.15, 0.2) is 30.3 Å². The van der Waals surface area contributed by atoms with Crippen LogP contribution in [-0.2, 0) is 0 Å². The van der Waals surface area contributed by atoms with Gasteiger partial charge in [-0.2, -0.15) is 13.2 Å². The molecule has 0 radical (unpaired) electrons. The highest BCUT2D eigenvalue weighted by atomic mass is 32.1. The molecule has 1 aromatic heterocycles. The second kappa shape index (κ2) is 4.56. The maximum atomic E-state index is 13.1. The normalized spacial score (nSPS) is 16.7. The van der Waals surface area contributed by atoms with E-state index in [-0.39, 0.29) is 23.6 Å². The third-order valence-corrected chi connectivity index (χ3v) is 3.86. The molecule has 2 aromatic rings. The number of thiocarbonyl (C=S) groups is 1. The zero-order chi connectivity index (χ0) is 15.3. The van der Waals surface area contributed by atoms with E-state index >= 15 is 0 Å². The molecule has 1 aliphatic carbocycles. The molecule has 0 saturated heterocycles. The van der Waals surface area contributed by atoms with Crippen LogP contribution in [0.3, 0.4) is 0 Å². The van der Waals surface area contributed by atoms with E-state index in [2.05, 4.69) is 10.3 Å². The first-order valence-electron chi connectivity index (χ1n) is 6.37. The van der Waals surface area contributed by atoms with Crippen LogP contribution in [0, 0.1) is 0 Å². The first-order chi connectivity index (χ1) is 9.82. The Balaban J connectivity index is 2.09. The Morgan fingerprint density at radius 3 is 2.52 bits per heavy atom. The fourth-order valence-corrected chi connectivity index (χ4v) is 2.39. The molecular formula is C14H12F3N3S. The molecule has 0 amide bonds. The monoisotopic (exact) mass is 311 g/mol. The van der Waals surface area contributed by atoms with Crippen molar-refractivity contribution in [1.82, 2.24) is 4.98 Å². The molecule has 0 unspecified atom stereocenters. The van der Waals surface area contributed by atoms with Crippen molar-refractivity contribution in [2.75, 3.05) is 5.32 Å². The van der Waals surface area contributed by atoms with E-state index < -0.39 is 11.7 Å². The summed E-state index contributed by atoms with van der Waals surface area (Å²) in [7, 11) is 0. The number of nitrogens with zero attached hydrogens (tertiary/aromatic N) is 1. The SMILES string of the molecule is NC(=S)c1cc2ccccc2nc1NC1(C(F)(F)F)CC1. The fourth-order valence-electron chi connectivity index (χ4n) is 2.23. The molecule has 1 aliphatic rings. The van der Waals surface area contributed by atoms with Crippen LogP contribution in [-0.4, -0.2) is 21.7 Å². The predicted molar refractivity (Wildman–Crippen MR) is 79.3 cm³/mol. The molecule has 1 heterocycles. The Morgan fingerprint density at radius 1 is 1.29 bits per heavy atom. The molecule has 1 aromatic carbocycles. The first kappa shape index (κ1) is 14.1. The largest absolute Gasteiger partial charge is 0.411 e. The van der Waals surface area contributed by atoms with Gasteiger partial charge in [0.05, 0.1) is 11.1 Å². The van der Waals surface area contributed by atoms with Crippen molar-refractivity contribution in [3.8, 4) is 0 Å². The number of rotatable bonds is 3. The minimum Gasteiger partial charge on any atom is -0.389 e. The van der Waals surface area contributed by atoms with E-state index in [4.69, 9.17) is 18.0 Å². The summed E-state index contributed by atoms with van der Waals surface area (Å²) >= 11 is 4.93. The van der Waals surface area contributed by atoms with Crippen molar-refractivity contribution < 1.29 is 13.2 Å². The number of para-hydroxylation sites is 1. The van der Waals surface area contributed by atoms with E-state index in [9.17, 15) is 13.2 Å². The highest BCUT2D eigenvalue weighted by Crippen LogP contribution is 2.51. The Hall–Kier alpha value is -1.89. The summed E-state index contributed by atoms with van der Waals surface area (Å²) < 4.78 is 39.2. The van der Waals surface area contributed by atoms with E-state index in [1.807, 2.05) is 12.1 Å². The Labute approximate surface area is 124 Å². The van der Waals surface area contributed by atoms with Crippen LogP contribution < -0.4 is 11.1 Å². The van der Waals surface area contributed by atoms with Gasteiger partial charge in [-0.15, -0.1) is 0 Å². The standard InChI is InChI=1S/C14H12F3N3S/c15-14(16,17)13(5-6-13)20-12-9(11(18)21)7-8-3-1-2-4-10(8)19-12/h1-4,7H,5-6H2,(H2,18,21)(H,19,20). The van der Waals surface area contributed by atoms with Gasteiger partial charge in [0.2, 0.25) is 0 Å². The van der Waals surface area contributed by atoms with Crippen LogP contribution in [0.25, 0.3) is 10.9 Å². The van der Waals surface area contributed by atoms with Gasteiger partial charge in [-0.1, -0.05) is 30.4 Å². The average molecular weight is 311 g/mol. The van der Waals surface area contributed by atoms with Gasteiger partial charge in [0.25, 0.3) is 0 Å². The number of benzene rings is 1. The average Bonchev–Trinajstić information content (AvgIpc) is 3.18. The fraction of sp³-hybridized carbons (Fsp3) is 0.286. The molecule has 110 valence electrons.